The van der Waals surface area contributed by atoms with Gasteiger partial charge in [-0.15, -0.1) is 0 Å². The first-order valence-electron chi connectivity index (χ1n) is 9.61. The molecule has 1 aromatic carbocycles. The van der Waals surface area contributed by atoms with Crippen molar-refractivity contribution in [1.82, 2.24) is 25.5 Å². The Balaban J connectivity index is 1.80. The number of rotatable bonds is 8. The quantitative estimate of drug-likeness (QED) is 0.508. The van der Waals surface area contributed by atoms with Crippen LogP contribution >= 0.6 is 0 Å². The van der Waals surface area contributed by atoms with Gasteiger partial charge in [0.15, 0.2) is 0 Å². The maximum atomic E-state index is 12.3. The first-order valence-corrected chi connectivity index (χ1v) is 9.61. The molecule has 0 saturated heterocycles. The van der Waals surface area contributed by atoms with Gasteiger partial charge in [-0.2, -0.15) is 5.10 Å². The van der Waals surface area contributed by atoms with E-state index in [1.54, 1.807) is 12.3 Å². The Morgan fingerprint density at radius 3 is 2.72 bits per heavy atom. The van der Waals surface area contributed by atoms with Crippen LogP contribution in [0.5, 0.6) is 0 Å². The van der Waals surface area contributed by atoms with Crippen molar-refractivity contribution in [2.75, 3.05) is 11.9 Å². The summed E-state index contributed by atoms with van der Waals surface area (Å²) >= 11 is 0. The average molecular weight is 392 g/mol. The van der Waals surface area contributed by atoms with Crippen LogP contribution in [0, 0.1) is 0 Å². The maximum Gasteiger partial charge on any atom is 0.277 e. The molecular weight excluding hydrogens is 368 g/mol. The van der Waals surface area contributed by atoms with Gasteiger partial charge in [0.2, 0.25) is 5.95 Å². The van der Waals surface area contributed by atoms with Crippen LogP contribution in [0.1, 0.15) is 48.7 Å². The van der Waals surface area contributed by atoms with Crippen LogP contribution in [0.2, 0.25) is 0 Å². The number of nitrogens with zero attached hydrogens (tertiary/aromatic N) is 3. The SMILES string of the molecule is CCCCNC(=O)c1cc(-c2ccnc(N[C@H](C)c3ccccc3)n2)n[nH]c1=O. The van der Waals surface area contributed by atoms with Crippen molar-refractivity contribution in [3.05, 3.63) is 70.1 Å². The molecule has 0 bridgehead atoms. The van der Waals surface area contributed by atoms with Gasteiger partial charge in [-0.1, -0.05) is 43.7 Å². The second-order valence-corrected chi connectivity index (χ2v) is 6.65. The number of aromatic nitrogens is 4. The van der Waals surface area contributed by atoms with Crippen LogP contribution in [0.15, 0.2) is 53.5 Å². The molecule has 3 N–H and O–H groups in total. The Morgan fingerprint density at radius 2 is 1.97 bits per heavy atom. The molecule has 0 saturated carbocycles. The Kier molecular flexibility index (Phi) is 6.67. The van der Waals surface area contributed by atoms with Crippen LogP contribution < -0.4 is 16.2 Å². The molecule has 2 heterocycles. The van der Waals surface area contributed by atoms with E-state index < -0.39 is 11.5 Å². The lowest BCUT2D eigenvalue weighted by Gasteiger charge is -2.14. The van der Waals surface area contributed by atoms with Crippen LogP contribution in [-0.4, -0.2) is 32.6 Å². The number of hydrogen-bond donors (Lipinski definition) is 3. The summed E-state index contributed by atoms with van der Waals surface area (Å²) in [6.07, 6.45) is 3.41. The third kappa shape index (κ3) is 5.25. The molecule has 3 rings (SSSR count). The molecule has 150 valence electrons. The molecular formula is C21H24N6O2. The highest BCUT2D eigenvalue weighted by atomic mass is 16.2. The molecule has 0 spiro atoms. The minimum atomic E-state index is -0.534. The maximum absolute atomic E-state index is 12.3. The predicted molar refractivity (Wildman–Crippen MR) is 112 cm³/mol. The number of benzene rings is 1. The van der Waals surface area contributed by atoms with Crippen molar-refractivity contribution in [2.45, 2.75) is 32.7 Å². The van der Waals surface area contributed by atoms with Crippen LogP contribution in [0.4, 0.5) is 5.95 Å². The molecule has 1 atom stereocenters. The highest BCUT2D eigenvalue weighted by molar-refractivity contribution is 5.94. The normalized spacial score (nSPS) is 11.7. The van der Waals surface area contributed by atoms with E-state index in [1.165, 1.54) is 6.07 Å². The molecule has 0 aliphatic heterocycles. The van der Waals surface area contributed by atoms with Crippen molar-refractivity contribution in [3.63, 3.8) is 0 Å². The van der Waals surface area contributed by atoms with Gasteiger partial charge in [0.1, 0.15) is 11.3 Å². The predicted octanol–water partition coefficient (Wildman–Crippen LogP) is 2.93. The van der Waals surface area contributed by atoms with E-state index in [0.717, 1.165) is 18.4 Å². The number of nitrogens with one attached hydrogen (secondary N) is 3. The standard InChI is InChI=1S/C21H24N6O2/c1-3-4-11-22-19(28)16-13-18(26-27-20(16)29)17-10-12-23-21(25-17)24-14(2)15-8-6-5-7-9-15/h5-10,12-14H,3-4,11H2,1-2H3,(H,22,28)(H,27,29)(H,23,24,25)/t14-/m1/s1. The smallest absolute Gasteiger partial charge is 0.277 e. The second-order valence-electron chi connectivity index (χ2n) is 6.65. The number of hydrogen-bond acceptors (Lipinski definition) is 6. The molecule has 0 unspecified atom stereocenters. The van der Waals surface area contributed by atoms with E-state index in [-0.39, 0.29) is 11.6 Å². The summed E-state index contributed by atoms with van der Waals surface area (Å²) in [6.45, 7) is 4.57. The fourth-order valence-corrected chi connectivity index (χ4v) is 2.77. The van der Waals surface area contributed by atoms with Crippen molar-refractivity contribution in [2.24, 2.45) is 0 Å². The lowest BCUT2D eigenvalue weighted by Crippen LogP contribution is -2.30. The summed E-state index contributed by atoms with van der Waals surface area (Å²) in [6, 6.07) is 13.1. The summed E-state index contributed by atoms with van der Waals surface area (Å²) in [5, 5.41) is 12.4. The van der Waals surface area contributed by atoms with E-state index in [9.17, 15) is 9.59 Å². The van der Waals surface area contributed by atoms with Gasteiger partial charge >= 0.3 is 0 Å². The van der Waals surface area contributed by atoms with Crippen molar-refractivity contribution in [3.8, 4) is 11.4 Å². The second kappa shape index (κ2) is 9.59. The lowest BCUT2D eigenvalue weighted by atomic mass is 10.1. The molecule has 2 aromatic heterocycles. The summed E-state index contributed by atoms with van der Waals surface area (Å²) < 4.78 is 0. The fourth-order valence-electron chi connectivity index (χ4n) is 2.77. The molecule has 0 aliphatic carbocycles. The highest BCUT2D eigenvalue weighted by Crippen LogP contribution is 2.19. The number of carbonyl (C=O) groups excluding carboxylic acids is 1. The third-order valence-electron chi connectivity index (χ3n) is 4.43. The van der Waals surface area contributed by atoms with Crippen molar-refractivity contribution in [1.29, 1.82) is 0 Å². The van der Waals surface area contributed by atoms with Crippen LogP contribution in [-0.2, 0) is 0 Å². The molecule has 0 fully saturated rings. The van der Waals surface area contributed by atoms with Crippen molar-refractivity contribution >= 4 is 11.9 Å². The molecule has 8 heteroatoms. The van der Waals surface area contributed by atoms with Crippen molar-refractivity contribution < 1.29 is 4.79 Å². The summed E-state index contributed by atoms with van der Waals surface area (Å²) in [5.74, 6) is 0.00857. The van der Waals surface area contributed by atoms with Gasteiger partial charge in [0, 0.05) is 12.7 Å². The fraction of sp³-hybridized carbons (Fsp3) is 0.286. The Hall–Kier alpha value is -3.55. The molecule has 29 heavy (non-hydrogen) atoms. The topological polar surface area (TPSA) is 113 Å². The Labute approximate surface area is 168 Å². The number of amides is 1. The van der Waals surface area contributed by atoms with E-state index in [1.807, 2.05) is 44.2 Å². The molecule has 8 nitrogen and oxygen atoms in total. The van der Waals surface area contributed by atoms with E-state index in [2.05, 4.69) is 30.8 Å². The van der Waals surface area contributed by atoms with Gasteiger partial charge < -0.3 is 10.6 Å². The van der Waals surface area contributed by atoms with E-state index in [4.69, 9.17) is 0 Å². The summed E-state index contributed by atoms with van der Waals surface area (Å²) in [7, 11) is 0. The number of aromatic amines is 1. The number of anilines is 1. The number of unbranched alkanes of at least 4 members (excludes halogenated alkanes) is 1. The zero-order valence-corrected chi connectivity index (χ0v) is 16.5. The Morgan fingerprint density at radius 1 is 1.17 bits per heavy atom. The zero-order chi connectivity index (χ0) is 20.6. The minimum absolute atomic E-state index is 0.00916. The molecule has 0 radical (unpaired) electrons. The minimum Gasteiger partial charge on any atom is -0.352 e. The highest BCUT2D eigenvalue weighted by Gasteiger charge is 2.14. The lowest BCUT2D eigenvalue weighted by molar-refractivity contribution is 0.0951. The molecule has 3 aromatic rings. The number of carbonyl (C=O) groups is 1. The monoisotopic (exact) mass is 392 g/mol. The third-order valence-corrected chi connectivity index (χ3v) is 4.43. The largest absolute Gasteiger partial charge is 0.352 e. The van der Waals surface area contributed by atoms with E-state index >= 15 is 0 Å². The number of H-pyrrole nitrogens is 1. The van der Waals surface area contributed by atoms with Gasteiger partial charge in [0.05, 0.1) is 11.7 Å². The first kappa shape index (κ1) is 20.2. The summed E-state index contributed by atoms with van der Waals surface area (Å²) in [4.78, 5) is 33.0. The van der Waals surface area contributed by atoms with Gasteiger partial charge in [-0.05, 0) is 31.0 Å². The zero-order valence-electron chi connectivity index (χ0n) is 16.5. The van der Waals surface area contributed by atoms with Gasteiger partial charge in [0.25, 0.3) is 11.5 Å². The average Bonchev–Trinajstić information content (AvgIpc) is 2.75. The Bertz CT molecular complexity index is 1020. The molecule has 0 aliphatic rings. The van der Waals surface area contributed by atoms with Gasteiger partial charge in [-0.3, -0.25) is 9.59 Å². The van der Waals surface area contributed by atoms with Gasteiger partial charge in [-0.25, -0.2) is 15.1 Å². The van der Waals surface area contributed by atoms with Crippen LogP contribution in [0.3, 0.4) is 0 Å². The summed E-state index contributed by atoms with van der Waals surface area (Å²) in [5.41, 5.74) is 1.48. The van der Waals surface area contributed by atoms with E-state index in [0.29, 0.717) is 23.9 Å². The first-order chi connectivity index (χ1) is 14.1. The van der Waals surface area contributed by atoms with Crippen LogP contribution in [0.25, 0.3) is 11.4 Å². The molecule has 1 amide bonds.